The van der Waals surface area contributed by atoms with E-state index in [-0.39, 0.29) is 36.1 Å². The second kappa shape index (κ2) is 9.80. The fraction of sp³-hybridized carbons (Fsp3) is 0.885. The van der Waals surface area contributed by atoms with Crippen molar-refractivity contribution in [2.75, 3.05) is 0 Å². The molecule has 8 atom stereocenters. The molecule has 2 aliphatic heterocycles. The maximum atomic E-state index is 12.9. The standard InChI is InChI=1S/C13H21F3O3.C13H18O4/c1-6-11(3,4)10(17)18-9-8(2)7-12(5,19-9)13(14,15)16;1-3-7(2)11(14)16-13-6-8-4-9(10(13)5-8)12(15)17-13/h8-9H,6-7H2,1-5H3;7-10H,3-6H2,1-2H3. The molecule has 2 saturated carbocycles. The average Bonchev–Trinajstić information content (AvgIpc) is 3.46. The molecule has 0 radical (unpaired) electrons. The molecule has 10 heteroatoms. The second-order valence-electron chi connectivity index (χ2n) is 11.8. The highest BCUT2D eigenvalue weighted by atomic mass is 19.4. The van der Waals surface area contributed by atoms with Gasteiger partial charge in [0.05, 0.1) is 23.2 Å². The highest BCUT2D eigenvalue weighted by molar-refractivity contribution is 5.79. The van der Waals surface area contributed by atoms with Crippen LogP contribution in [0.2, 0.25) is 0 Å². The van der Waals surface area contributed by atoms with Crippen LogP contribution in [0.3, 0.4) is 0 Å². The SMILES string of the molecule is CCC(C)(C)C(=O)OC1OC(C)(C(F)(F)F)CC1C.CCC(C)C(=O)OC12CC3CC(C(=O)O1)C2C3. The van der Waals surface area contributed by atoms with Crippen LogP contribution in [-0.2, 0) is 33.3 Å². The first-order valence-electron chi connectivity index (χ1n) is 12.9. The summed E-state index contributed by atoms with van der Waals surface area (Å²) in [5, 5.41) is 0. The Labute approximate surface area is 210 Å². The lowest BCUT2D eigenvalue weighted by atomic mass is 9.87. The first kappa shape index (κ1) is 28.7. The number of esters is 3. The third-order valence-electron chi connectivity index (χ3n) is 8.47. The maximum Gasteiger partial charge on any atom is 0.417 e. The van der Waals surface area contributed by atoms with Gasteiger partial charge in [0, 0.05) is 12.3 Å². The summed E-state index contributed by atoms with van der Waals surface area (Å²) >= 11 is 0. The number of carbonyl (C=O) groups excluding carboxylic acids is 3. The predicted octanol–water partition coefficient (Wildman–Crippen LogP) is 5.54. The molecule has 0 amide bonds. The summed E-state index contributed by atoms with van der Waals surface area (Å²) in [7, 11) is 0. The molecule has 0 aromatic heterocycles. The molecule has 4 aliphatic rings. The van der Waals surface area contributed by atoms with Gasteiger partial charge in [0.1, 0.15) is 0 Å². The van der Waals surface area contributed by atoms with Crippen LogP contribution in [0.4, 0.5) is 13.2 Å². The van der Waals surface area contributed by atoms with Gasteiger partial charge in [-0.15, -0.1) is 0 Å². The van der Waals surface area contributed by atoms with Crippen LogP contribution >= 0.6 is 0 Å². The van der Waals surface area contributed by atoms with Crippen LogP contribution in [0.1, 0.15) is 87.0 Å². The molecule has 4 fully saturated rings. The second-order valence-corrected chi connectivity index (χ2v) is 11.8. The van der Waals surface area contributed by atoms with E-state index in [9.17, 15) is 27.6 Å². The van der Waals surface area contributed by atoms with E-state index in [4.69, 9.17) is 18.9 Å². The van der Waals surface area contributed by atoms with Crippen molar-refractivity contribution in [2.24, 2.45) is 35.0 Å². The van der Waals surface area contributed by atoms with Gasteiger partial charge < -0.3 is 18.9 Å². The van der Waals surface area contributed by atoms with Crippen molar-refractivity contribution < 1.29 is 46.5 Å². The van der Waals surface area contributed by atoms with E-state index in [0.29, 0.717) is 18.8 Å². The number of alkyl halides is 3. The molecule has 36 heavy (non-hydrogen) atoms. The molecule has 0 spiro atoms. The van der Waals surface area contributed by atoms with E-state index in [1.807, 2.05) is 20.8 Å². The van der Waals surface area contributed by atoms with Gasteiger partial charge in [-0.2, -0.15) is 13.2 Å². The third-order valence-corrected chi connectivity index (χ3v) is 8.47. The van der Waals surface area contributed by atoms with E-state index in [1.165, 1.54) is 0 Å². The summed E-state index contributed by atoms with van der Waals surface area (Å²) in [5.41, 5.74) is -2.96. The highest BCUT2D eigenvalue weighted by Crippen LogP contribution is 2.61. The number of ether oxygens (including phenoxy) is 4. The van der Waals surface area contributed by atoms with Crippen molar-refractivity contribution in [2.45, 2.75) is 111 Å². The molecule has 2 aliphatic carbocycles. The Balaban J connectivity index is 0.000000201. The molecule has 0 aromatic carbocycles. The molecule has 2 saturated heterocycles. The van der Waals surface area contributed by atoms with Crippen molar-refractivity contribution in [3.8, 4) is 0 Å². The van der Waals surface area contributed by atoms with Crippen LogP contribution in [0, 0.1) is 35.0 Å². The molecule has 2 bridgehead atoms. The van der Waals surface area contributed by atoms with Gasteiger partial charge in [-0.3, -0.25) is 14.4 Å². The van der Waals surface area contributed by atoms with Crippen LogP contribution in [0.25, 0.3) is 0 Å². The van der Waals surface area contributed by atoms with E-state index >= 15 is 0 Å². The molecule has 4 rings (SSSR count). The zero-order valence-electron chi connectivity index (χ0n) is 22.2. The molecule has 7 nitrogen and oxygen atoms in total. The zero-order valence-corrected chi connectivity index (χ0v) is 22.2. The van der Waals surface area contributed by atoms with E-state index < -0.39 is 41.2 Å². The minimum absolute atomic E-state index is 0.0153. The Kier molecular flexibility index (Phi) is 7.82. The molecule has 0 aromatic rings. The summed E-state index contributed by atoms with van der Waals surface area (Å²) < 4.78 is 59.6. The smallest absolute Gasteiger partial charge is 0.417 e. The van der Waals surface area contributed by atoms with Crippen LogP contribution in [0.15, 0.2) is 0 Å². The molecule has 8 unspecified atom stereocenters. The quantitative estimate of drug-likeness (QED) is 0.425. The van der Waals surface area contributed by atoms with Gasteiger partial charge in [-0.05, 0) is 58.8 Å². The molecule has 206 valence electrons. The summed E-state index contributed by atoms with van der Waals surface area (Å²) in [6.45, 7) is 11.6. The van der Waals surface area contributed by atoms with Gasteiger partial charge in [0.25, 0.3) is 5.79 Å². The Bertz CT molecular complexity index is 872. The van der Waals surface area contributed by atoms with Gasteiger partial charge in [-0.25, -0.2) is 0 Å². The Morgan fingerprint density at radius 3 is 2.31 bits per heavy atom. The molecular weight excluding hydrogens is 481 g/mol. The zero-order chi connectivity index (χ0) is 27.3. The van der Waals surface area contributed by atoms with Crippen molar-refractivity contribution in [3.05, 3.63) is 0 Å². The number of carbonyl (C=O) groups is 3. The van der Waals surface area contributed by atoms with Crippen molar-refractivity contribution in [1.82, 2.24) is 0 Å². The lowest BCUT2D eigenvalue weighted by molar-refractivity contribution is -0.288. The van der Waals surface area contributed by atoms with Crippen molar-refractivity contribution >= 4 is 17.9 Å². The Hall–Kier alpha value is -1.84. The molecular formula is C26H39F3O7. The van der Waals surface area contributed by atoms with Gasteiger partial charge in [-0.1, -0.05) is 27.7 Å². The minimum atomic E-state index is -4.47. The summed E-state index contributed by atoms with van der Waals surface area (Å²) in [4.78, 5) is 35.5. The van der Waals surface area contributed by atoms with Crippen LogP contribution in [-0.4, -0.2) is 41.8 Å². The molecule has 0 N–H and O–H groups in total. The number of halogens is 3. The number of rotatable bonds is 6. The number of fused-ring (bicyclic) bond motifs is 1. The average molecular weight is 521 g/mol. The van der Waals surface area contributed by atoms with E-state index in [1.54, 1.807) is 20.8 Å². The topological polar surface area (TPSA) is 88.1 Å². The van der Waals surface area contributed by atoms with Crippen molar-refractivity contribution in [3.63, 3.8) is 0 Å². The van der Waals surface area contributed by atoms with E-state index in [2.05, 4.69) is 0 Å². The maximum absolute atomic E-state index is 12.9. The predicted molar refractivity (Wildman–Crippen MR) is 122 cm³/mol. The number of hydrogen-bond donors (Lipinski definition) is 0. The fourth-order valence-corrected chi connectivity index (χ4v) is 5.41. The van der Waals surface area contributed by atoms with Crippen LogP contribution < -0.4 is 0 Å². The largest absolute Gasteiger partial charge is 0.435 e. The molecule has 2 heterocycles. The lowest BCUT2D eigenvalue weighted by Crippen LogP contribution is -2.43. The minimum Gasteiger partial charge on any atom is -0.435 e. The Morgan fingerprint density at radius 1 is 1.17 bits per heavy atom. The van der Waals surface area contributed by atoms with Crippen molar-refractivity contribution in [1.29, 1.82) is 0 Å². The normalized spacial score (nSPS) is 37.7. The van der Waals surface area contributed by atoms with Crippen LogP contribution in [0.5, 0.6) is 0 Å². The summed E-state index contributed by atoms with van der Waals surface area (Å²) in [5.74, 6) is -1.82. The van der Waals surface area contributed by atoms with Gasteiger partial charge in [0.2, 0.25) is 6.29 Å². The monoisotopic (exact) mass is 520 g/mol. The Morgan fingerprint density at radius 2 is 1.81 bits per heavy atom. The summed E-state index contributed by atoms with van der Waals surface area (Å²) in [6.07, 6.45) is -1.91. The first-order chi connectivity index (χ1) is 16.5. The number of hydrogen-bond acceptors (Lipinski definition) is 7. The summed E-state index contributed by atoms with van der Waals surface area (Å²) in [6, 6.07) is 0. The van der Waals surface area contributed by atoms with Gasteiger partial charge >= 0.3 is 24.1 Å². The highest BCUT2D eigenvalue weighted by Gasteiger charge is 2.68. The third kappa shape index (κ3) is 5.24. The van der Waals surface area contributed by atoms with Gasteiger partial charge in [0.15, 0.2) is 5.60 Å². The lowest BCUT2D eigenvalue weighted by Gasteiger charge is -2.30. The first-order valence-corrected chi connectivity index (χ1v) is 12.9. The fourth-order valence-electron chi connectivity index (χ4n) is 5.41. The van der Waals surface area contributed by atoms with E-state index in [0.717, 1.165) is 26.2 Å².